The number of para-hydroxylation sites is 1. The molecule has 1 N–H and O–H groups in total. The number of nitrogens with one attached hydrogen (secondary N) is 1. The van der Waals surface area contributed by atoms with Gasteiger partial charge in [0.05, 0.1) is 12.6 Å². The lowest BCUT2D eigenvalue weighted by Crippen LogP contribution is -1.80. The summed E-state index contributed by atoms with van der Waals surface area (Å²) >= 11 is 0. The Kier molecular flexibility index (Phi) is 1.68. The molecular formula is C13H11NO. The van der Waals surface area contributed by atoms with Crippen LogP contribution in [0.5, 0.6) is 5.75 Å². The van der Waals surface area contributed by atoms with Gasteiger partial charge in [-0.3, -0.25) is 0 Å². The van der Waals surface area contributed by atoms with Crippen molar-refractivity contribution in [2.75, 3.05) is 7.11 Å². The molecule has 0 aliphatic carbocycles. The number of hydrogen-bond donors (Lipinski definition) is 1. The highest BCUT2D eigenvalue weighted by molar-refractivity contribution is 6.07. The lowest BCUT2D eigenvalue weighted by atomic mass is 10.1. The predicted molar refractivity (Wildman–Crippen MR) is 62.4 cm³/mol. The van der Waals surface area contributed by atoms with Gasteiger partial charge >= 0.3 is 0 Å². The molecule has 0 unspecified atom stereocenters. The van der Waals surface area contributed by atoms with E-state index in [1.807, 2.05) is 18.2 Å². The molecule has 2 nitrogen and oxygen atoms in total. The third-order valence-electron chi connectivity index (χ3n) is 2.71. The van der Waals surface area contributed by atoms with Crippen LogP contribution in [0.2, 0.25) is 0 Å². The van der Waals surface area contributed by atoms with Gasteiger partial charge in [-0.2, -0.15) is 0 Å². The van der Waals surface area contributed by atoms with Gasteiger partial charge in [-0.25, -0.2) is 0 Å². The molecule has 3 rings (SSSR count). The van der Waals surface area contributed by atoms with Gasteiger partial charge in [-0.05, 0) is 18.2 Å². The van der Waals surface area contributed by atoms with Crippen LogP contribution in [0, 0.1) is 0 Å². The molecule has 0 amide bonds. The van der Waals surface area contributed by atoms with Crippen LogP contribution in [0.25, 0.3) is 21.8 Å². The van der Waals surface area contributed by atoms with E-state index in [0.29, 0.717) is 0 Å². The average molecular weight is 197 g/mol. The predicted octanol–water partition coefficient (Wildman–Crippen LogP) is 3.33. The second-order valence-corrected chi connectivity index (χ2v) is 3.58. The van der Waals surface area contributed by atoms with Crippen LogP contribution in [0.15, 0.2) is 42.5 Å². The fourth-order valence-electron chi connectivity index (χ4n) is 1.96. The van der Waals surface area contributed by atoms with Crippen molar-refractivity contribution < 1.29 is 4.74 Å². The Hall–Kier alpha value is -1.96. The Bertz CT molecular complexity index is 625. The zero-order valence-corrected chi connectivity index (χ0v) is 8.45. The van der Waals surface area contributed by atoms with Crippen molar-refractivity contribution >= 4 is 21.8 Å². The molecule has 74 valence electrons. The minimum absolute atomic E-state index is 0.883. The zero-order valence-electron chi connectivity index (χ0n) is 8.45. The van der Waals surface area contributed by atoms with E-state index in [1.54, 1.807) is 7.11 Å². The second-order valence-electron chi connectivity index (χ2n) is 3.58. The van der Waals surface area contributed by atoms with Gasteiger partial charge in [0.2, 0.25) is 0 Å². The molecule has 3 aromatic rings. The highest BCUT2D eigenvalue weighted by Crippen LogP contribution is 2.27. The summed E-state index contributed by atoms with van der Waals surface area (Å²) in [5, 5.41) is 2.50. The lowest BCUT2D eigenvalue weighted by Gasteiger charge is -1.98. The molecule has 15 heavy (non-hydrogen) atoms. The Balaban J connectivity index is 2.43. The molecule has 0 saturated heterocycles. The molecule has 0 bridgehead atoms. The van der Waals surface area contributed by atoms with E-state index in [2.05, 4.69) is 29.2 Å². The fourth-order valence-corrected chi connectivity index (χ4v) is 1.96. The molecule has 0 atom stereocenters. The molecule has 1 aromatic heterocycles. The summed E-state index contributed by atoms with van der Waals surface area (Å²) in [4.78, 5) is 3.37. The number of hydrogen-bond acceptors (Lipinski definition) is 1. The van der Waals surface area contributed by atoms with Crippen LogP contribution in [0.3, 0.4) is 0 Å². The lowest BCUT2D eigenvalue weighted by molar-refractivity contribution is 0.415. The number of aromatic amines is 1. The Morgan fingerprint density at radius 2 is 1.73 bits per heavy atom. The number of aromatic nitrogens is 1. The molecule has 0 radical (unpaired) electrons. The first-order chi connectivity index (χ1) is 7.38. The second kappa shape index (κ2) is 3.02. The minimum Gasteiger partial charge on any atom is -0.497 e. The fraction of sp³-hybridized carbons (Fsp3) is 0.0769. The van der Waals surface area contributed by atoms with E-state index in [4.69, 9.17) is 4.74 Å². The van der Waals surface area contributed by atoms with Gasteiger partial charge in [-0.15, -0.1) is 0 Å². The molecular weight excluding hydrogens is 186 g/mol. The van der Waals surface area contributed by atoms with Crippen molar-refractivity contribution in [2.45, 2.75) is 0 Å². The Morgan fingerprint density at radius 1 is 0.933 bits per heavy atom. The van der Waals surface area contributed by atoms with Gasteiger partial charge in [0, 0.05) is 22.4 Å². The van der Waals surface area contributed by atoms with Gasteiger partial charge < -0.3 is 9.72 Å². The zero-order chi connectivity index (χ0) is 10.3. The van der Waals surface area contributed by atoms with Crippen LogP contribution < -0.4 is 4.74 Å². The van der Waals surface area contributed by atoms with Crippen LogP contribution in [0.1, 0.15) is 0 Å². The van der Waals surface area contributed by atoms with Crippen molar-refractivity contribution in [1.82, 2.24) is 4.98 Å². The number of fused-ring (bicyclic) bond motifs is 3. The van der Waals surface area contributed by atoms with Gasteiger partial charge in [0.25, 0.3) is 0 Å². The summed E-state index contributed by atoms with van der Waals surface area (Å²) in [5.41, 5.74) is 2.29. The van der Waals surface area contributed by atoms with Crippen LogP contribution in [-0.4, -0.2) is 12.1 Å². The van der Waals surface area contributed by atoms with Gasteiger partial charge in [0.15, 0.2) is 0 Å². The van der Waals surface area contributed by atoms with Crippen molar-refractivity contribution in [1.29, 1.82) is 0 Å². The monoisotopic (exact) mass is 197 g/mol. The maximum absolute atomic E-state index is 5.20. The van der Waals surface area contributed by atoms with E-state index in [9.17, 15) is 0 Å². The van der Waals surface area contributed by atoms with Crippen LogP contribution in [0.4, 0.5) is 0 Å². The quantitative estimate of drug-likeness (QED) is 0.636. The van der Waals surface area contributed by atoms with Crippen LogP contribution in [-0.2, 0) is 0 Å². The molecule has 0 aliphatic heterocycles. The van der Waals surface area contributed by atoms with Gasteiger partial charge in [-0.1, -0.05) is 18.2 Å². The van der Waals surface area contributed by atoms with E-state index in [1.165, 1.54) is 16.3 Å². The molecule has 0 fully saturated rings. The average Bonchev–Trinajstić information content (AvgIpc) is 2.66. The molecule has 2 aromatic carbocycles. The van der Waals surface area contributed by atoms with E-state index >= 15 is 0 Å². The first kappa shape index (κ1) is 8.36. The van der Waals surface area contributed by atoms with E-state index in [-0.39, 0.29) is 0 Å². The number of ether oxygens (including phenoxy) is 1. The number of H-pyrrole nitrogens is 1. The number of rotatable bonds is 1. The molecule has 0 aliphatic rings. The standard InChI is InChI=1S/C13H11NO/c1-15-9-6-7-11-10-4-2-3-5-12(10)14-13(11)8-9/h2-8,14H,1H3. The summed E-state index contributed by atoms with van der Waals surface area (Å²) in [6, 6.07) is 14.4. The van der Waals surface area contributed by atoms with Crippen molar-refractivity contribution in [3.63, 3.8) is 0 Å². The summed E-state index contributed by atoms with van der Waals surface area (Å²) < 4.78 is 5.20. The van der Waals surface area contributed by atoms with Crippen molar-refractivity contribution in [3.05, 3.63) is 42.5 Å². The number of benzene rings is 2. The molecule has 0 spiro atoms. The Morgan fingerprint density at radius 3 is 2.60 bits per heavy atom. The summed E-state index contributed by atoms with van der Waals surface area (Å²) in [5.74, 6) is 0.883. The maximum atomic E-state index is 5.20. The summed E-state index contributed by atoms with van der Waals surface area (Å²) in [6.07, 6.45) is 0. The molecule has 1 heterocycles. The van der Waals surface area contributed by atoms with E-state index in [0.717, 1.165) is 11.3 Å². The SMILES string of the molecule is COc1ccc2c(c1)[nH]c1ccccc12. The van der Waals surface area contributed by atoms with Gasteiger partial charge in [0.1, 0.15) is 5.75 Å². The highest BCUT2D eigenvalue weighted by atomic mass is 16.5. The normalized spacial score (nSPS) is 11.0. The van der Waals surface area contributed by atoms with Crippen LogP contribution >= 0.6 is 0 Å². The maximum Gasteiger partial charge on any atom is 0.120 e. The molecule has 2 heteroatoms. The van der Waals surface area contributed by atoms with Crippen molar-refractivity contribution in [2.24, 2.45) is 0 Å². The minimum atomic E-state index is 0.883. The Labute approximate surface area is 87.5 Å². The topological polar surface area (TPSA) is 25.0 Å². The smallest absolute Gasteiger partial charge is 0.120 e. The molecule has 0 saturated carbocycles. The third kappa shape index (κ3) is 1.18. The van der Waals surface area contributed by atoms with E-state index < -0.39 is 0 Å². The van der Waals surface area contributed by atoms with Crippen molar-refractivity contribution in [3.8, 4) is 5.75 Å². The first-order valence-electron chi connectivity index (χ1n) is 4.93. The summed E-state index contributed by atoms with van der Waals surface area (Å²) in [6.45, 7) is 0. The summed E-state index contributed by atoms with van der Waals surface area (Å²) in [7, 11) is 1.68. The third-order valence-corrected chi connectivity index (χ3v) is 2.71. The highest BCUT2D eigenvalue weighted by Gasteiger charge is 2.03. The largest absolute Gasteiger partial charge is 0.497 e. The number of methoxy groups -OCH3 is 1. The first-order valence-corrected chi connectivity index (χ1v) is 4.93.